The Balaban J connectivity index is 1.23. The number of rotatable bonds is 5. The summed E-state index contributed by atoms with van der Waals surface area (Å²) in [6.07, 6.45) is 2.95. The molecule has 186 valence electrons. The molecular weight excluding hydrogens is 528 g/mol. The lowest BCUT2D eigenvalue weighted by Gasteiger charge is -2.13. The molecule has 3 heterocycles. The third-order valence-corrected chi connectivity index (χ3v) is 7.22. The molecule has 0 aliphatic rings. The van der Waals surface area contributed by atoms with Crippen LogP contribution in [0.15, 0.2) is 59.0 Å². The third-order valence-electron chi connectivity index (χ3n) is 5.68. The van der Waals surface area contributed by atoms with Crippen molar-refractivity contribution >= 4 is 62.9 Å². The Morgan fingerprint density at radius 1 is 1.14 bits per heavy atom. The second kappa shape index (κ2) is 10.3. The monoisotopic (exact) mass is 548 g/mol. The number of aryl methyl sites for hydroxylation is 2. The molecule has 5 rings (SSSR count). The van der Waals surface area contributed by atoms with Crippen LogP contribution >= 0.6 is 35.2 Å². The highest BCUT2D eigenvalue weighted by Crippen LogP contribution is 2.32. The Morgan fingerprint density at radius 2 is 1.97 bits per heavy atom. The van der Waals surface area contributed by atoms with Crippen molar-refractivity contribution in [3.05, 3.63) is 82.3 Å². The van der Waals surface area contributed by atoms with Crippen LogP contribution in [0.3, 0.4) is 0 Å². The van der Waals surface area contributed by atoms with Crippen molar-refractivity contribution < 1.29 is 9.21 Å². The van der Waals surface area contributed by atoms with Gasteiger partial charge in [0.25, 0.3) is 0 Å². The van der Waals surface area contributed by atoms with Crippen molar-refractivity contribution in [3.63, 3.8) is 0 Å². The summed E-state index contributed by atoms with van der Waals surface area (Å²) in [4.78, 5) is 13.2. The number of carbonyl (C=O) groups excluding carboxylic acids is 1. The van der Waals surface area contributed by atoms with E-state index in [1.807, 2.05) is 63.2 Å². The third kappa shape index (κ3) is 5.31. The highest BCUT2D eigenvalue weighted by Gasteiger charge is 2.15. The van der Waals surface area contributed by atoms with E-state index in [-0.39, 0.29) is 11.0 Å². The van der Waals surface area contributed by atoms with Gasteiger partial charge in [0, 0.05) is 27.9 Å². The molecule has 0 atom stereocenters. The number of hydrogen-bond donors (Lipinski definition) is 2. The first-order chi connectivity index (χ1) is 17.8. The second-order valence-electron chi connectivity index (χ2n) is 8.27. The van der Waals surface area contributed by atoms with E-state index in [2.05, 4.69) is 25.9 Å². The van der Waals surface area contributed by atoms with Gasteiger partial charge in [-0.1, -0.05) is 47.2 Å². The number of aromatic nitrogens is 4. The summed E-state index contributed by atoms with van der Waals surface area (Å²) < 4.78 is 7.54. The van der Waals surface area contributed by atoms with Gasteiger partial charge in [-0.15, -0.1) is 10.2 Å². The summed E-state index contributed by atoms with van der Waals surface area (Å²) in [5.74, 6) is 1.54. The standard InChI is InChI=1S/C26H21ClN6O2S2/c1-14-7-8-17(13-20(14)27)22-11-9-18(35-22)10-12-23(34)29-25(36)28-21-6-4-5-19(15(21)2)24-32-33-16(3)30-31-26(33)37-24/h4-13H,1-3H3,(H2,28,29,34,36)/b12-10+. The van der Waals surface area contributed by atoms with Crippen molar-refractivity contribution in [2.24, 2.45) is 0 Å². The van der Waals surface area contributed by atoms with Gasteiger partial charge in [-0.25, -0.2) is 0 Å². The number of furan rings is 1. The van der Waals surface area contributed by atoms with Crippen molar-refractivity contribution in [3.8, 4) is 21.9 Å². The van der Waals surface area contributed by atoms with E-state index >= 15 is 0 Å². The molecule has 1 amide bonds. The first-order valence-electron chi connectivity index (χ1n) is 11.2. The zero-order chi connectivity index (χ0) is 26.1. The van der Waals surface area contributed by atoms with E-state index in [1.54, 1.807) is 16.7 Å². The first-order valence-corrected chi connectivity index (χ1v) is 12.8. The van der Waals surface area contributed by atoms with E-state index in [0.29, 0.717) is 16.5 Å². The van der Waals surface area contributed by atoms with E-state index in [1.165, 1.54) is 17.4 Å². The van der Waals surface area contributed by atoms with Gasteiger partial charge in [0.2, 0.25) is 10.9 Å². The summed E-state index contributed by atoms with van der Waals surface area (Å²) >= 11 is 13.0. The Hall–Kier alpha value is -3.86. The van der Waals surface area contributed by atoms with Gasteiger partial charge in [0.15, 0.2) is 10.9 Å². The molecule has 3 aromatic heterocycles. The van der Waals surface area contributed by atoms with E-state index in [9.17, 15) is 4.79 Å². The highest BCUT2D eigenvalue weighted by atomic mass is 35.5. The maximum atomic E-state index is 12.4. The number of anilines is 1. The number of amides is 1. The van der Waals surface area contributed by atoms with Gasteiger partial charge >= 0.3 is 0 Å². The number of benzene rings is 2. The predicted molar refractivity (Wildman–Crippen MR) is 151 cm³/mol. The van der Waals surface area contributed by atoms with Crippen LogP contribution in [0.5, 0.6) is 0 Å². The van der Waals surface area contributed by atoms with Crippen molar-refractivity contribution in [2.75, 3.05) is 5.32 Å². The lowest BCUT2D eigenvalue weighted by atomic mass is 10.1. The maximum absolute atomic E-state index is 12.4. The van der Waals surface area contributed by atoms with E-state index in [4.69, 9.17) is 28.2 Å². The molecule has 0 bridgehead atoms. The molecule has 0 saturated heterocycles. The summed E-state index contributed by atoms with van der Waals surface area (Å²) in [5, 5.41) is 20.2. The summed E-state index contributed by atoms with van der Waals surface area (Å²) in [6, 6.07) is 15.1. The zero-order valence-corrected chi connectivity index (χ0v) is 22.5. The molecule has 0 fully saturated rings. The van der Waals surface area contributed by atoms with Gasteiger partial charge in [-0.3, -0.25) is 10.1 Å². The van der Waals surface area contributed by atoms with E-state index in [0.717, 1.165) is 43.7 Å². The fraction of sp³-hybridized carbons (Fsp3) is 0.115. The molecule has 2 aromatic carbocycles. The first kappa shape index (κ1) is 24.8. The van der Waals surface area contributed by atoms with Crippen LogP contribution in [0.2, 0.25) is 5.02 Å². The van der Waals surface area contributed by atoms with Crippen LogP contribution in [0, 0.1) is 20.8 Å². The van der Waals surface area contributed by atoms with Crippen LogP contribution in [-0.4, -0.2) is 30.8 Å². The van der Waals surface area contributed by atoms with Gasteiger partial charge in [0.1, 0.15) is 16.5 Å². The maximum Gasteiger partial charge on any atom is 0.250 e. The minimum absolute atomic E-state index is 0.179. The second-order valence-corrected chi connectivity index (χ2v) is 10.0. The molecule has 11 heteroatoms. The SMILES string of the molecule is Cc1ccc(-c2ccc(/C=C/C(=O)NC(=S)Nc3cccc(-c4nn5c(C)nnc5s4)c3C)o2)cc1Cl. The lowest BCUT2D eigenvalue weighted by molar-refractivity contribution is -0.115. The molecule has 0 spiro atoms. The normalized spacial score (nSPS) is 11.4. The molecule has 0 aliphatic heterocycles. The number of halogens is 1. The smallest absolute Gasteiger partial charge is 0.250 e. The Kier molecular flexibility index (Phi) is 6.88. The summed E-state index contributed by atoms with van der Waals surface area (Å²) in [5.41, 5.74) is 4.50. The molecular formula is C26H21ClN6O2S2. The fourth-order valence-electron chi connectivity index (χ4n) is 3.63. The minimum Gasteiger partial charge on any atom is -0.457 e. The number of carbonyl (C=O) groups is 1. The van der Waals surface area contributed by atoms with Gasteiger partial charge < -0.3 is 9.73 Å². The number of nitrogens with one attached hydrogen (secondary N) is 2. The molecule has 5 aromatic rings. The van der Waals surface area contributed by atoms with Crippen LogP contribution in [0.25, 0.3) is 32.9 Å². The van der Waals surface area contributed by atoms with Gasteiger partial charge in [-0.2, -0.15) is 9.61 Å². The largest absolute Gasteiger partial charge is 0.457 e. The van der Waals surface area contributed by atoms with Gasteiger partial charge in [0.05, 0.1) is 0 Å². The highest BCUT2D eigenvalue weighted by molar-refractivity contribution is 7.80. The number of thiocarbonyl (C=S) groups is 1. The number of nitrogens with zero attached hydrogens (tertiary/aromatic N) is 4. The average Bonchev–Trinajstić information content (AvgIpc) is 3.59. The molecule has 8 nitrogen and oxygen atoms in total. The van der Waals surface area contributed by atoms with Gasteiger partial charge in [-0.05, 0) is 74.5 Å². The molecule has 2 N–H and O–H groups in total. The number of fused-ring (bicyclic) bond motifs is 1. The van der Waals surface area contributed by atoms with Crippen LogP contribution < -0.4 is 10.6 Å². The van der Waals surface area contributed by atoms with Crippen LogP contribution in [0.1, 0.15) is 22.7 Å². The van der Waals surface area contributed by atoms with Crippen molar-refractivity contribution in [1.29, 1.82) is 0 Å². The van der Waals surface area contributed by atoms with E-state index < -0.39 is 0 Å². The van der Waals surface area contributed by atoms with Crippen LogP contribution in [0.4, 0.5) is 5.69 Å². The predicted octanol–water partition coefficient (Wildman–Crippen LogP) is 6.22. The Labute approximate surface area is 227 Å². The zero-order valence-electron chi connectivity index (χ0n) is 20.1. The Bertz CT molecular complexity index is 1680. The quantitative estimate of drug-likeness (QED) is 0.199. The summed E-state index contributed by atoms with van der Waals surface area (Å²) in [6.45, 7) is 5.76. The summed E-state index contributed by atoms with van der Waals surface area (Å²) in [7, 11) is 0. The fourth-order valence-corrected chi connectivity index (χ4v) is 4.99. The molecule has 37 heavy (non-hydrogen) atoms. The molecule has 0 radical (unpaired) electrons. The van der Waals surface area contributed by atoms with Crippen molar-refractivity contribution in [1.82, 2.24) is 25.1 Å². The Morgan fingerprint density at radius 3 is 2.76 bits per heavy atom. The number of hydrogen-bond acceptors (Lipinski definition) is 7. The topological polar surface area (TPSA) is 97.4 Å². The minimum atomic E-state index is -0.383. The molecule has 0 unspecified atom stereocenters. The van der Waals surface area contributed by atoms with Crippen LogP contribution in [-0.2, 0) is 4.79 Å². The molecule has 0 saturated carbocycles. The van der Waals surface area contributed by atoms with Crippen molar-refractivity contribution in [2.45, 2.75) is 20.8 Å². The average molecular weight is 549 g/mol. The molecule has 0 aliphatic carbocycles. The lowest BCUT2D eigenvalue weighted by Crippen LogP contribution is -2.33.